The normalized spacial score (nSPS) is 13.2. The third-order valence-corrected chi connectivity index (χ3v) is 5.12. The molecule has 1 heterocycles. The van der Waals surface area contributed by atoms with E-state index in [2.05, 4.69) is 70.3 Å². The fourth-order valence-corrected chi connectivity index (χ4v) is 3.69. The Hall–Kier alpha value is -2.15. The van der Waals surface area contributed by atoms with E-state index in [0.717, 1.165) is 32.2 Å². The van der Waals surface area contributed by atoms with Gasteiger partial charge in [0.05, 0.1) is 0 Å². The van der Waals surface area contributed by atoms with E-state index in [9.17, 15) is 8.42 Å². The van der Waals surface area contributed by atoms with Crippen LogP contribution in [0.25, 0.3) is 12.2 Å². The number of para-hydroxylation sites is 2. The summed E-state index contributed by atoms with van der Waals surface area (Å²) in [6.45, 7) is 1.33. The van der Waals surface area contributed by atoms with Crippen molar-refractivity contribution in [1.82, 2.24) is 4.72 Å². The third-order valence-electron chi connectivity index (χ3n) is 4.51. The average Bonchev–Trinajstić information content (AvgIpc) is 2.77. The molecule has 138 valence electrons. The van der Waals surface area contributed by atoms with Crippen LogP contribution in [0.2, 0.25) is 0 Å². The maximum Gasteiger partial charge on any atom is 0.274 e. The highest BCUT2D eigenvalue weighted by molar-refractivity contribution is 7.87. The van der Waals surface area contributed by atoms with Gasteiger partial charge in [-0.2, -0.15) is 8.42 Å². The molecule has 1 aliphatic heterocycles. The Balaban J connectivity index is 1.61. The first-order valence-corrected chi connectivity index (χ1v) is 10.5. The Kier molecular flexibility index (Phi) is 6.08. The molecule has 1 aliphatic rings. The summed E-state index contributed by atoms with van der Waals surface area (Å²) in [7, 11) is -3.57. The molecule has 0 bridgehead atoms. The van der Waals surface area contributed by atoms with E-state index in [4.69, 9.17) is 5.14 Å². The van der Waals surface area contributed by atoms with Crippen LogP contribution < -0.4 is 14.8 Å². The minimum absolute atomic E-state index is 0.401. The molecule has 0 fully saturated rings. The van der Waals surface area contributed by atoms with E-state index in [1.54, 1.807) is 0 Å². The number of nitrogens with two attached hydrogens (primary N) is 1. The topological polar surface area (TPSA) is 75.4 Å². The van der Waals surface area contributed by atoms with E-state index in [-0.39, 0.29) is 0 Å². The number of benzene rings is 2. The van der Waals surface area contributed by atoms with Gasteiger partial charge in [-0.25, -0.2) is 9.86 Å². The largest absolute Gasteiger partial charge is 0.341 e. The van der Waals surface area contributed by atoms with Crippen molar-refractivity contribution in [3.63, 3.8) is 0 Å². The second kappa shape index (κ2) is 8.49. The van der Waals surface area contributed by atoms with E-state index in [1.807, 2.05) is 0 Å². The standard InChI is InChI=1S/C20H25N3O2S/c21-26(24,25)22-15-7-1-2-8-16-23-19-11-5-3-9-17(19)13-14-18-10-4-6-12-20(18)23/h3-6,9-14,22H,1-2,7-8,15-16H2,(H2,21,24,25). The number of hydrogen-bond acceptors (Lipinski definition) is 3. The maximum absolute atomic E-state index is 10.8. The van der Waals surface area contributed by atoms with Crippen molar-refractivity contribution >= 4 is 33.7 Å². The molecule has 2 aromatic carbocycles. The maximum atomic E-state index is 10.8. The Bertz CT molecular complexity index is 829. The van der Waals surface area contributed by atoms with Crippen LogP contribution in [-0.4, -0.2) is 21.5 Å². The zero-order valence-electron chi connectivity index (χ0n) is 14.8. The second-order valence-electron chi connectivity index (χ2n) is 6.46. The van der Waals surface area contributed by atoms with Gasteiger partial charge in [0, 0.05) is 24.5 Å². The predicted octanol–water partition coefficient (Wildman–Crippen LogP) is 3.66. The summed E-state index contributed by atoms with van der Waals surface area (Å²) in [6.07, 6.45) is 8.20. The van der Waals surface area contributed by atoms with E-state index >= 15 is 0 Å². The van der Waals surface area contributed by atoms with Crippen molar-refractivity contribution in [2.45, 2.75) is 25.7 Å². The Morgan fingerprint density at radius 2 is 1.35 bits per heavy atom. The lowest BCUT2D eigenvalue weighted by Gasteiger charge is -2.27. The van der Waals surface area contributed by atoms with Gasteiger partial charge in [0.1, 0.15) is 0 Å². The highest BCUT2D eigenvalue weighted by Gasteiger charge is 2.16. The fourth-order valence-electron chi connectivity index (χ4n) is 3.26. The molecule has 0 radical (unpaired) electrons. The monoisotopic (exact) mass is 371 g/mol. The molecule has 2 aromatic rings. The van der Waals surface area contributed by atoms with Crippen molar-refractivity contribution in [2.75, 3.05) is 18.0 Å². The lowest BCUT2D eigenvalue weighted by Crippen LogP contribution is -2.31. The number of fused-ring (bicyclic) bond motifs is 2. The molecule has 0 atom stereocenters. The van der Waals surface area contributed by atoms with E-state index in [1.165, 1.54) is 22.5 Å². The van der Waals surface area contributed by atoms with Crippen molar-refractivity contribution in [1.29, 1.82) is 0 Å². The smallest absolute Gasteiger partial charge is 0.274 e. The molecule has 0 unspecified atom stereocenters. The molecular weight excluding hydrogens is 346 g/mol. The highest BCUT2D eigenvalue weighted by atomic mass is 32.2. The van der Waals surface area contributed by atoms with Gasteiger partial charge in [0.25, 0.3) is 10.2 Å². The number of rotatable bonds is 8. The zero-order valence-corrected chi connectivity index (χ0v) is 15.6. The van der Waals surface area contributed by atoms with Gasteiger partial charge in [-0.3, -0.25) is 0 Å². The van der Waals surface area contributed by atoms with Crippen molar-refractivity contribution in [3.8, 4) is 0 Å². The molecule has 0 spiro atoms. The predicted molar refractivity (Wildman–Crippen MR) is 108 cm³/mol. The van der Waals surface area contributed by atoms with Crippen LogP contribution in [-0.2, 0) is 10.2 Å². The minimum atomic E-state index is -3.57. The van der Waals surface area contributed by atoms with Crippen LogP contribution in [0.15, 0.2) is 48.5 Å². The number of nitrogens with one attached hydrogen (secondary N) is 1. The zero-order chi connectivity index (χ0) is 18.4. The molecule has 0 saturated carbocycles. The Morgan fingerprint density at radius 3 is 1.92 bits per heavy atom. The summed E-state index contributed by atoms with van der Waals surface area (Å²) in [4.78, 5) is 2.38. The van der Waals surface area contributed by atoms with E-state index < -0.39 is 10.2 Å². The number of nitrogens with zero attached hydrogens (tertiary/aromatic N) is 1. The van der Waals surface area contributed by atoms with Crippen molar-refractivity contribution in [2.24, 2.45) is 5.14 Å². The molecule has 5 nitrogen and oxygen atoms in total. The summed E-state index contributed by atoms with van der Waals surface area (Å²) in [5.74, 6) is 0. The lowest BCUT2D eigenvalue weighted by molar-refractivity contribution is 0.573. The molecule has 0 amide bonds. The molecule has 3 N–H and O–H groups in total. The highest BCUT2D eigenvalue weighted by Crippen LogP contribution is 2.36. The van der Waals surface area contributed by atoms with Gasteiger partial charge in [0.2, 0.25) is 0 Å². The third kappa shape index (κ3) is 4.94. The van der Waals surface area contributed by atoms with Gasteiger partial charge >= 0.3 is 0 Å². The van der Waals surface area contributed by atoms with Gasteiger partial charge < -0.3 is 4.90 Å². The Morgan fingerprint density at radius 1 is 0.808 bits per heavy atom. The van der Waals surface area contributed by atoms with Crippen LogP contribution in [0.3, 0.4) is 0 Å². The van der Waals surface area contributed by atoms with E-state index in [0.29, 0.717) is 6.54 Å². The summed E-state index contributed by atoms with van der Waals surface area (Å²) >= 11 is 0. The number of anilines is 2. The molecule has 0 aliphatic carbocycles. The first kappa shape index (κ1) is 18.6. The lowest BCUT2D eigenvalue weighted by atomic mass is 10.1. The SMILES string of the molecule is NS(=O)(=O)NCCCCCCN1c2ccccc2C=Cc2ccccc21. The summed E-state index contributed by atoms with van der Waals surface area (Å²) in [5.41, 5.74) is 4.90. The molecule has 0 aromatic heterocycles. The van der Waals surface area contributed by atoms with Gasteiger partial charge in [-0.1, -0.05) is 61.4 Å². The van der Waals surface area contributed by atoms with Crippen LogP contribution in [0.4, 0.5) is 11.4 Å². The van der Waals surface area contributed by atoms with Crippen LogP contribution >= 0.6 is 0 Å². The van der Waals surface area contributed by atoms with Gasteiger partial charge in [-0.05, 0) is 36.1 Å². The first-order valence-electron chi connectivity index (χ1n) is 8.96. The quantitative estimate of drug-likeness (QED) is 0.695. The molecular formula is C20H25N3O2S. The Labute approximate surface area is 155 Å². The first-order chi connectivity index (χ1) is 12.5. The van der Waals surface area contributed by atoms with Gasteiger partial charge in [-0.15, -0.1) is 0 Å². The second-order valence-corrected chi connectivity index (χ2v) is 7.83. The van der Waals surface area contributed by atoms with Crippen LogP contribution in [0.1, 0.15) is 36.8 Å². The molecule has 6 heteroatoms. The van der Waals surface area contributed by atoms with Gasteiger partial charge in [0.15, 0.2) is 0 Å². The summed E-state index contributed by atoms with van der Waals surface area (Å²) in [6, 6.07) is 16.9. The average molecular weight is 372 g/mol. The fraction of sp³-hybridized carbons (Fsp3) is 0.300. The van der Waals surface area contributed by atoms with Crippen molar-refractivity contribution < 1.29 is 8.42 Å². The van der Waals surface area contributed by atoms with Crippen molar-refractivity contribution in [3.05, 3.63) is 59.7 Å². The van der Waals surface area contributed by atoms with Crippen LogP contribution in [0.5, 0.6) is 0 Å². The minimum Gasteiger partial charge on any atom is -0.341 e. The number of hydrogen-bond donors (Lipinski definition) is 2. The summed E-state index contributed by atoms with van der Waals surface area (Å²) < 4.78 is 24.0. The molecule has 0 saturated heterocycles. The molecule has 26 heavy (non-hydrogen) atoms. The number of unbranched alkanes of at least 4 members (excludes halogenated alkanes) is 3. The van der Waals surface area contributed by atoms with Crippen LogP contribution in [0, 0.1) is 0 Å². The molecule has 3 rings (SSSR count). The summed E-state index contributed by atoms with van der Waals surface area (Å²) in [5, 5.41) is 4.93.